The zero-order valence-electron chi connectivity index (χ0n) is 34.5. The maximum atomic E-state index is 14.1. The molecule has 7 aromatic rings. The monoisotopic (exact) mass is 826 g/mol. The fourth-order valence-electron chi connectivity index (χ4n) is 8.73. The van der Waals surface area contributed by atoms with E-state index in [1.165, 1.54) is 7.11 Å². The second-order valence-corrected chi connectivity index (χ2v) is 15.7. The Morgan fingerprint density at radius 3 is 1.92 bits per heavy atom. The van der Waals surface area contributed by atoms with Crippen molar-refractivity contribution in [3.8, 4) is 11.8 Å². The molecule has 4 amide bonds. The van der Waals surface area contributed by atoms with Crippen LogP contribution >= 0.6 is 0 Å². The molecule has 0 radical (unpaired) electrons. The van der Waals surface area contributed by atoms with Crippen molar-refractivity contribution in [2.24, 2.45) is 0 Å². The normalized spacial score (nSPS) is 17.1. The van der Waals surface area contributed by atoms with Gasteiger partial charge in [-0.2, -0.15) is 0 Å². The Kier molecular flexibility index (Phi) is 11.1. The number of hydrogen-bond donors (Lipinski definition) is 4. The number of carbonyl (C=O) groups is 4. The number of nitrogens with one attached hydrogen (secondary N) is 4. The van der Waals surface area contributed by atoms with Crippen LogP contribution in [0.2, 0.25) is 0 Å². The van der Waals surface area contributed by atoms with E-state index in [4.69, 9.17) is 14.7 Å². The Hall–Kier alpha value is -7.46. The Morgan fingerprint density at radius 2 is 1.29 bits per heavy atom. The second-order valence-electron chi connectivity index (χ2n) is 15.7. The van der Waals surface area contributed by atoms with Crippen molar-refractivity contribution < 1.29 is 23.9 Å². The highest BCUT2D eigenvalue weighted by Crippen LogP contribution is 2.36. The zero-order chi connectivity index (χ0) is 42.7. The fourth-order valence-corrected chi connectivity index (χ4v) is 8.73. The van der Waals surface area contributed by atoms with Crippen LogP contribution in [0.3, 0.4) is 0 Å². The minimum Gasteiger partial charge on any atom is -0.453 e. The number of likely N-dealkylation sites (tertiary alicyclic amines) is 2. The SMILES string of the molecule is CCC(=O)N[C@H](C(=O)N1CCC[C@H]1c1nc2c(ccc3cc(C#Cc4ccc5nc([C@@H]6CCCN6C(=O)C(NC(=O)OC)c6ccccc6)[nH]c5c4)ccc32)[nH]1)c1ccccc1. The fraction of sp³-hybridized carbons (Fsp3) is 0.265. The maximum Gasteiger partial charge on any atom is 0.407 e. The van der Waals surface area contributed by atoms with Gasteiger partial charge in [-0.15, -0.1) is 0 Å². The van der Waals surface area contributed by atoms with Gasteiger partial charge in [-0.25, -0.2) is 14.8 Å². The quantitative estimate of drug-likeness (QED) is 0.108. The van der Waals surface area contributed by atoms with E-state index in [1.54, 1.807) is 11.8 Å². The molecule has 13 nitrogen and oxygen atoms in total. The molecule has 5 aromatic carbocycles. The van der Waals surface area contributed by atoms with Crippen LogP contribution in [-0.4, -0.2) is 73.7 Å². The van der Waals surface area contributed by atoms with Gasteiger partial charge >= 0.3 is 6.09 Å². The van der Waals surface area contributed by atoms with Crippen LogP contribution in [0.4, 0.5) is 4.79 Å². The highest BCUT2D eigenvalue weighted by molar-refractivity contribution is 6.04. The van der Waals surface area contributed by atoms with Crippen LogP contribution < -0.4 is 10.6 Å². The number of methoxy groups -OCH3 is 1. The highest BCUT2D eigenvalue weighted by atomic mass is 16.5. The molecule has 0 saturated carbocycles. The third-order valence-corrected chi connectivity index (χ3v) is 11.9. The summed E-state index contributed by atoms with van der Waals surface area (Å²) in [6, 6.07) is 32.4. The van der Waals surface area contributed by atoms with Crippen LogP contribution in [0.25, 0.3) is 32.8 Å². The molecular weight excluding hydrogens is 781 g/mol. The first-order valence-corrected chi connectivity index (χ1v) is 21.1. The number of alkyl carbamates (subject to hydrolysis) is 1. The first-order valence-electron chi connectivity index (χ1n) is 21.1. The highest BCUT2D eigenvalue weighted by Gasteiger charge is 2.38. The van der Waals surface area contributed by atoms with Crippen molar-refractivity contribution >= 4 is 56.7 Å². The Balaban J connectivity index is 0.927. The van der Waals surface area contributed by atoms with E-state index in [9.17, 15) is 19.2 Å². The van der Waals surface area contributed by atoms with Gasteiger partial charge in [-0.05, 0) is 78.6 Å². The van der Waals surface area contributed by atoms with Crippen LogP contribution in [0.1, 0.15) is 97.1 Å². The first kappa shape index (κ1) is 40.0. The van der Waals surface area contributed by atoms with Gasteiger partial charge in [0, 0.05) is 36.0 Å². The summed E-state index contributed by atoms with van der Waals surface area (Å²) in [6.45, 7) is 2.90. The zero-order valence-corrected chi connectivity index (χ0v) is 34.5. The van der Waals surface area contributed by atoms with Gasteiger partial charge in [-0.1, -0.05) is 91.6 Å². The van der Waals surface area contributed by atoms with Gasteiger partial charge in [0.2, 0.25) is 11.8 Å². The third-order valence-electron chi connectivity index (χ3n) is 11.9. The topological polar surface area (TPSA) is 165 Å². The lowest BCUT2D eigenvalue weighted by atomic mass is 10.0. The van der Waals surface area contributed by atoms with E-state index < -0.39 is 18.2 Å². The van der Waals surface area contributed by atoms with Gasteiger partial charge < -0.3 is 35.1 Å². The van der Waals surface area contributed by atoms with E-state index in [1.807, 2.05) is 102 Å². The van der Waals surface area contributed by atoms with Crippen molar-refractivity contribution in [3.05, 3.63) is 143 Å². The summed E-state index contributed by atoms with van der Waals surface area (Å²) >= 11 is 0. The number of ether oxygens (including phenoxy) is 1. The van der Waals surface area contributed by atoms with Crippen LogP contribution in [0.5, 0.6) is 0 Å². The first-order chi connectivity index (χ1) is 30.3. The van der Waals surface area contributed by atoms with Crippen molar-refractivity contribution in [2.75, 3.05) is 20.2 Å². The molecule has 2 fully saturated rings. The lowest BCUT2D eigenvalue weighted by Gasteiger charge is -2.28. The van der Waals surface area contributed by atoms with E-state index in [0.29, 0.717) is 24.5 Å². The predicted molar refractivity (Wildman–Crippen MR) is 235 cm³/mol. The van der Waals surface area contributed by atoms with E-state index >= 15 is 0 Å². The number of aromatic amines is 2. The van der Waals surface area contributed by atoms with Crippen molar-refractivity contribution in [1.29, 1.82) is 0 Å². The van der Waals surface area contributed by atoms with E-state index in [-0.39, 0.29) is 36.2 Å². The standard InChI is InChI=1S/C49H46N8O5/c1-3-41(58)53-42(32-12-6-4-7-13-32)47(59)57-27-11-17-40(57)46-51-37-25-22-34-28-30(20-23-35(34)44(37)54-46)18-19-31-21-24-36-38(29-31)52-45(50-36)39-16-10-26-56(39)48(60)43(55-49(61)62-2)33-14-8-5-9-15-33/h4-9,12-15,20-25,28-29,39-40,42-43H,3,10-11,16-17,26-27H2,1-2H3,(H,50,52)(H,51,54)(H,53,58)(H,55,61)/t39-,40-,42-,43?/m0/s1. The molecule has 9 rings (SSSR count). The number of carbonyl (C=O) groups excluding carboxylic acids is 4. The van der Waals surface area contributed by atoms with Crippen molar-refractivity contribution in [2.45, 2.75) is 63.2 Å². The number of amides is 4. The molecule has 0 bridgehead atoms. The van der Waals surface area contributed by atoms with Gasteiger partial charge in [0.25, 0.3) is 5.91 Å². The average Bonchev–Trinajstić information content (AvgIpc) is 4.15. The Labute approximate surface area is 358 Å². The number of hydrogen-bond acceptors (Lipinski definition) is 7. The largest absolute Gasteiger partial charge is 0.453 e. The van der Waals surface area contributed by atoms with Crippen LogP contribution in [0, 0.1) is 11.8 Å². The molecule has 0 aliphatic carbocycles. The van der Waals surface area contributed by atoms with Crippen LogP contribution in [-0.2, 0) is 19.1 Å². The molecule has 4 heterocycles. The molecule has 2 aliphatic heterocycles. The van der Waals surface area contributed by atoms with Gasteiger partial charge in [0.15, 0.2) is 0 Å². The minimum atomic E-state index is -0.894. The molecule has 4 atom stereocenters. The van der Waals surface area contributed by atoms with Crippen LogP contribution in [0.15, 0.2) is 109 Å². The number of H-pyrrole nitrogens is 2. The third kappa shape index (κ3) is 7.94. The molecule has 2 aromatic heterocycles. The average molecular weight is 827 g/mol. The second kappa shape index (κ2) is 17.3. The molecular formula is C49H46N8O5. The Bertz CT molecular complexity index is 2880. The number of aromatic nitrogens is 4. The summed E-state index contributed by atoms with van der Waals surface area (Å²) in [7, 11) is 1.28. The van der Waals surface area contributed by atoms with E-state index in [0.717, 1.165) is 81.0 Å². The van der Waals surface area contributed by atoms with Crippen molar-refractivity contribution in [3.63, 3.8) is 0 Å². The molecule has 0 spiro atoms. The molecule has 62 heavy (non-hydrogen) atoms. The smallest absolute Gasteiger partial charge is 0.407 e. The lowest BCUT2D eigenvalue weighted by molar-refractivity contribution is -0.137. The number of imidazole rings is 2. The minimum absolute atomic E-state index is 0.142. The molecule has 13 heteroatoms. The number of benzene rings is 5. The van der Waals surface area contributed by atoms with Gasteiger partial charge in [0.05, 0.1) is 41.3 Å². The molecule has 1 unspecified atom stereocenters. The molecule has 312 valence electrons. The van der Waals surface area contributed by atoms with Gasteiger partial charge in [-0.3, -0.25) is 14.4 Å². The number of nitrogens with zero attached hydrogens (tertiary/aromatic N) is 4. The summed E-state index contributed by atoms with van der Waals surface area (Å²) in [5.41, 5.74) is 6.38. The summed E-state index contributed by atoms with van der Waals surface area (Å²) in [6.07, 6.45) is 2.75. The summed E-state index contributed by atoms with van der Waals surface area (Å²) in [4.78, 5) is 73.4. The number of rotatable bonds is 9. The lowest BCUT2D eigenvalue weighted by Crippen LogP contribution is -2.42. The Morgan fingerprint density at radius 1 is 0.710 bits per heavy atom. The van der Waals surface area contributed by atoms with Gasteiger partial charge in [0.1, 0.15) is 23.7 Å². The summed E-state index contributed by atoms with van der Waals surface area (Å²) in [5, 5.41) is 7.63. The van der Waals surface area contributed by atoms with Crippen molar-refractivity contribution in [1.82, 2.24) is 40.4 Å². The number of fused-ring (bicyclic) bond motifs is 4. The molecule has 2 aliphatic rings. The maximum absolute atomic E-state index is 14.1. The predicted octanol–water partition coefficient (Wildman–Crippen LogP) is 7.68. The molecule has 2 saturated heterocycles. The van der Waals surface area contributed by atoms with E-state index in [2.05, 4.69) is 44.6 Å². The summed E-state index contributed by atoms with van der Waals surface area (Å²) < 4.78 is 4.84. The summed E-state index contributed by atoms with van der Waals surface area (Å²) in [5.74, 6) is 7.51. The molecule has 4 N–H and O–H groups in total.